The zero-order valence-electron chi connectivity index (χ0n) is 13.3. The van der Waals surface area contributed by atoms with Crippen LogP contribution in [-0.4, -0.2) is 20.1 Å². The lowest BCUT2D eigenvalue weighted by atomic mass is 9.97. The maximum absolute atomic E-state index is 3.75. The molecule has 21 heavy (non-hydrogen) atoms. The maximum atomic E-state index is 3.75. The zero-order valence-corrected chi connectivity index (χ0v) is 13.3. The Labute approximate surface area is 128 Å². The van der Waals surface area contributed by atoms with Crippen molar-refractivity contribution in [1.82, 2.24) is 5.32 Å². The topological polar surface area (TPSA) is 15.3 Å². The van der Waals surface area contributed by atoms with Crippen LogP contribution in [0.2, 0.25) is 0 Å². The highest BCUT2D eigenvalue weighted by Crippen LogP contribution is 2.48. The first kappa shape index (κ1) is 13.6. The predicted octanol–water partition coefficient (Wildman–Crippen LogP) is 3.59. The van der Waals surface area contributed by atoms with Gasteiger partial charge in [-0.2, -0.15) is 0 Å². The second-order valence-corrected chi connectivity index (χ2v) is 7.46. The highest BCUT2D eigenvalue weighted by molar-refractivity contribution is 5.56. The van der Waals surface area contributed by atoms with Crippen LogP contribution in [0.4, 0.5) is 5.69 Å². The molecule has 0 saturated heterocycles. The fraction of sp³-hybridized carbons (Fsp3) is 0.684. The summed E-state index contributed by atoms with van der Waals surface area (Å²) < 4.78 is 0. The van der Waals surface area contributed by atoms with E-state index in [2.05, 4.69) is 35.5 Å². The van der Waals surface area contributed by atoms with Gasteiger partial charge in [-0.3, -0.25) is 0 Å². The average molecular weight is 284 g/mol. The van der Waals surface area contributed by atoms with E-state index in [1.54, 1.807) is 5.56 Å². The summed E-state index contributed by atoms with van der Waals surface area (Å²) in [4.78, 5) is 2.40. The van der Waals surface area contributed by atoms with Gasteiger partial charge in [0.05, 0.1) is 0 Å². The van der Waals surface area contributed by atoms with Crippen molar-refractivity contribution in [2.24, 2.45) is 17.8 Å². The quantitative estimate of drug-likeness (QED) is 0.858. The average Bonchev–Trinajstić information content (AvgIpc) is 3.38. The largest absolute Gasteiger partial charge is 0.374 e. The molecule has 1 heterocycles. The summed E-state index contributed by atoms with van der Waals surface area (Å²) in [6.07, 6.45) is 8.52. The van der Waals surface area contributed by atoms with Crippen LogP contribution in [0.5, 0.6) is 0 Å². The van der Waals surface area contributed by atoms with Crippen LogP contribution >= 0.6 is 0 Å². The summed E-state index contributed by atoms with van der Waals surface area (Å²) >= 11 is 0. The molecule has 0 spiro atoms. The SMILES string of the molecule is CN1CCCc2cc(CNCC(C3CC3)C3CC3)ccc21. The van der Waals surface area contributed by atoms with Crippen LogP contribution in [0, 0.1) is 17.8 Å². The van der Waals surface area contributed by atoms with E-state index < -0.39 is 0 Å². The summed E-state index contributed by atoms with van der Waals surface area (Å²) in [7, 11) is 2.21. The van der Waals surface area contributed by atoms with Gasteiger partial charge in [0.15, 0.2) is 0 Å². The van der Waals surface area contributed by atoms with Gasteiger partial charge in [0.25, 0.3) is 0 Å². The summed E-state index contributed by atoms with van der Waals surface area (Å²) in [5.41, 5.74) is 4.46. The number of benzene rings is 1. The van der Waals surface area contributed by atoms with Gasteiger partial charge in [-0.05, 0) is 80.0 Å². The van der Waals surface area contributed by atoms with Gasteiger partial charge in [0.2, 0.25) is 0 Å². The molecule has 2 saturated carbocycles. The monoisotopic (exact) mass is 284 g/mol. The molecule has 4 rings (SSSR count). The van der Waals surface area contributed by atoms with Crippen molar-refractivity contribution >= 4 is 5.69 Å². The van der Waals surface area contributed by atoms with Crippen LogP contribution in [-0.2, 0) is 13.0 Å². The number of aryl methyl sites for hydroxylation is 1. The Hall–Kier alpha value is -1.02. The van der Waals surface area contributed by atoms with E-state index in [1.165, 1.54) is 62.9 Å². The van der Waals surface area contributed by atoms with Crippen LogP contribution < -0.4 is 10.2 Å². The van der Waals surface area contributed by atoms with Gasteiger partial charge in [-0.1, -0.05) is 12.1 Å². The minimum Gasteiger partial charge on any atom is -0.374 e. The van der Waals surface area contributed by atoms with Gasteiger partial charge >= 0.3 is 0 Å². The molecule has 2 heteroatoms. The molecule has 114 valence electrons. The minimum absolute atomic E-state index is 0.980. The molecule has 2 aliphatic carbocycles. The molecule has 2 fully saturated rings. The Morgan fingerprint density at radius 3 is 2.67 bits per heavy atom. The molecular formula is C19H28N2. The molecule has 0 aromatic heterocycles. The van der Waals surface area contributed by atoms with Crippen molar-refractivity contribution < 1.29 is 0 Å². The number of fused-ring (bicyclic) bond motifs is 1. The van der Waals surface area contributed by atoms with Gasteiger partial charge in [-0.25, -0.2) is 0 Å². The first-order valence-electron chi connectivity index (χ1n) is 8.85. The molecule has 2 nitrogen and oxygen atoms in total. The summed E-state index contributed by atoms with van der Waals surface area (Å²) in [6.45, 7) is 3.49. The Kier molecular flexibility index (Phi) is 3.66. The van der Waals surface area contributed by atoms with Gasteiger partial charge in [-0.15, -0.1) is 0 Å². The van der Waals surface area contributed by atoms with Crippen molar-refractivity contribution in [3.8, 4) is 0 Å². The molecule has 0 radical (unpaired) electrons. The normalized spacial score (nSPS) is 21.7. The lowest BCUT2D eigenvalue weighted by Crippen LogP contribution is -2.26. The van der Waals surface area contributed by atoms with E-state index in [1.807, 2.05) is 0 Å². The second kappa shape index (κ2) is 5.64. The molecule has 0 unspecified atom stereocenters. The summed E-state index contributed by atoms with van der Waals surface area (Å²) in [5, 5.41) is 3.75. The third-order valence-corrected chi connectivity index (χ3v) is 5.66. The lowest BCUT2D eigenvalue weighted by Gasteiger charge is -2.28. The molecule has 1 aromatic rings. The highest BCUT2D eigenvalue weighted by atomic mass is 15.1. The minimum atomic E-state index is 0.980. The molecule has 1 aromatic carbocycles. The Balaban J connectivity index is 1.34. The first-order valence-corrected chi connectivity index (χ1v) is 8.85. The van der Waals surface area contributed by atoms with E-state index >= 15 is 0 Å². The van der Waals surface area contributed by atoms with Crippen molar-refractivity contribution in [1.29, 1.82) is 0 Å². The standard InChI is InChI=1S/C19H28N2/c1-21-10-2-3-17-11-14(4-9-19(17)21)12-20-13-18(15-5-6-15)16-7-8-16/h4,9,11,15-16,18,20H,2-3,5-8,10,12-13H2,1H3. The van der Waals surface area contributed by atoms with E-state index in [9.17, 15) is 0 Å². The number of hydrogen-bond acceptors (Lipinski definition) is 2. The number of nitrogens with one attached hydrogen (secondary N) is 1. The first-order chi connectivity index (χ1) is 10.3. The van der Waals surface area contributed by atoms with E-state index in [0.29, 0.717) is 0 Å². The molecule has 1 aliphatic heterocycles. The van der Waals surface area contributed by atoms with Crippen molar-refractivity contribution in [3.63, 3.8) is 0 Å². The summed E-state index contributed by atoms with van der Waals surface area (Å²) in [6, 6.07) is 7.07. The van der Waals surface area contributed by atoms with Crippen LogP contribution in [0.15, 0.2) is 18.2 Å². The molecule has 3 aliphatic rings. The second-order valence-electron chi connectivity index (χ2n) is 7.46. The molecule has 0 amide bonds. The number of rotatable bonds is 6. The van der Waals surface area contributed by atoms with Crippen LogP contribution in [0.3, 0.4) is 0 Å². The Morgan fingerprint density at radius 1 is 1.19 bits per heavy atom. The fourth-order valence-corrected chi connectivity index (χ4v) is 4.10. The van der Waals surface area contributed by atoms with Gasteiger partial charge in [0, 0.05) is 25.8 Å². The van der Waals surface area contributed by atoms with Gasteiger partial charge < -0.3 is 10.2 Å². The van der Waals surface area contributed by atoms with Gasteiger partial charge in [0.1, 0.15) is 0 Å². The number of anilines is 1. The van der Waals surface area contributed by atoms with Crippen molar-refractivity contribution in [2.45, 2.75) is 45.1 Å². The van der Waals surface area contributed by atoms with Crippen LogP contribution in [0.1, 0.15) is 43.2 Å². The predicted molar refractivity (Wildman–Crippen MR) is 88.7 cm³/mol. The molecule has 0 atom stereocenters. The maximum Gasteiger partial charge on any atom is 0.0396 e. The van der Waals surface area contributed by atoms with Crippen molar-refractivity contribution in [3.05, 3.63) is 29.3 Å². The smallest absolute Gasteiger partial charge is 0.0396 e. The van der Waals surface area contributed by atoms with E-state index in [-0.39, 0.29) is 0 Å². The molecular weight excluding hydrogens is 256 g/mol. The third kappa shape index (κ3) is 3.11. The lowest BCUT2D eigenvalue weighted by molar-refractivity contribution is 0.378. The van der Waals surface area contributed by atoms with E-state index in [4.69, 9.17) is 0 Å². The Bertz CT molecular complexity index is 490. The summed E-state index contributed by atoms with van der Waals surface area (Å²) in [5.74, 6) is 3.10. The molecule has 0 bridgehead atoms. The third-order valence-electron chi connectivity index (χ3n) is 5.66. The highest BCUT2D eigenvalue weighted by Gasteiger charge is 2.40. The number of hydrogen-bond donors (Lipinski definition) is 1. The van der Waals surface area contributed by atoms with Crippen molar-refractivity contribution in [2.75, 3.05) is 25.0 Å². The zero-order chi connectivity index (χ0) is 14.2. The number of nitrogens with zero attached hydrogens (tertiary/aromatic N) is 1. The molecule has 1 N–H and O–H groups in total. The fourth-order valence-electron chi connectivity index (χ4n) is 4.10. The van der Waals surface area contributed by atoms with Crippen LogP contribution in [0.25, 0.3) is 0 Å². The van der Waals surface area contributed by atoms with E-state index in [0.717, 1.165) is 24.3 Å². The Morgan fingerprint density at radius 2 is 1.95 bits per heavy atom.